The van der Waals surface area contributed by atoms with Gasteiger partial charge in [-0.15, -0.1) is 0 Å². The number of ether oxygens (including phenoxy) is 2. The van der Waals surface area contributed by atoms with Crippen LogP contribution >= 0.6 is 0 Å². The molecule has 0 saturated heterocycles. The van der Waals surface area contributed by atoms with E-state index >= 15 is 0 Å². The fraction of sp³-hybridized carbons (Fsp3) is 0.538. The molecule has 0 radical (unpaired) electrons. The van der Waals surface area contributed by atoms with Crippen LogP contribution in [0.5, 0.6) is 11.5 Å². The minimum atomic E-state index is -2.84. The summed E-state index contributed by atoms with van der Waals surface area (Å²) in [6.45, 7) is -1.41. The van der Waals surface area contributed by atoms with Crippen LogP contribution in [-0.4, -0.2) is 20.3 Å². The molecule has 0 unspecified atom stereocenters. The Morgan fingerprint density at radius 1 is 1.39 bits per heavy atom. The third-order valence-electron chi connectivity index (χ3n) is 2.93. The molecular weight excluding hydrogens is 240 g/mol. The quantitative estimate of drug-likeness (QED) is 0.814. The summed E-state index contributed by atoms with van der Waals surface area (Å²) < 4.78 is 34.3. The topological polar surface area (TPSA) is 30.5 Å². The Bertz CT molecular complexity index is 395. The SMILES string of the molecule is COc1cccc(CNCC2CC2)c1OC(F)F. The molecule has 0 heterocycles. The molecule has 0 amide bonds. The van der Waals surface area contributed by atoms with Crippen molar-refractivity contribution in [3.05, 3.63) is 23.8 Å². The van der Waals surface area contributed by atoms with Gasteiger partial charge in [0.1, 0.15) is 0 Å². The van der Waals surface area contributed by atoms with Crippen LogP contribution in [0.1, 0.15) is 18.4 Å². The highest BCUT2D eigenvalue weighted by molar-refractivity contribution is 5.46. The van der Waals surface area contributed by atoms with Crippen molar-refractivity contribution in [3.8, 4) is 11.5 Å². The second-order valence-corrected chi connectivity index (χ2v) is 4.40. The fourth-order valence-corrected chi connectivity index (χ4v) is 1.82. The number of nitrogens with one attached hydrogen (secondary N) is 1. The summed E-state index contributed by atoms with van der Waals surface area (Å²) in [5.41, 5.74) is 0.690. The molecule has 100 valence electrons. The van der Waals surface area contributed by atoms with Crippen molar-refractivity contribution in [1.82, 2.24) is 5.32 Å². The van der Waals surface area contributed by atoms with Crippen LogP contribution in [0.3, 0.4) is 0 Å². The van der Waals surface area contributed by atoms with Gasteiger partial charge in [0, 0.05) is 12.1 Å². The molecule has 1 N–H and O–H groups in total. The van der Waals surface area contributed by atoms with Crippen LogP contribution in [0.4, 0.5) is 8.78 Å². The zero-order valence-electron chi connectivity index (χ0n) is 10.3. The number of methoxy groups -OCH3 is 1. The van der Waals surface area contributed by atoms with Crippen molar-refractivity contribution < 1.29 is 18.3 Å². The molecule has 1 fully saturated rings. The first kappa shape index (κ1) is 13.1. The van der Waals surface area contributed by atoms with Crippen molar-refractivity contribution in [2.24, 2.45) is 5.92 Å². The van der Waals surface area contributed by atoms with Crippen LogP contribution in [0.2, 0.25) is 0 Å². The molecule has 5 heteroatoms. The zero-order valence-corrected chi connectivity index (χ0v) is 10.3. The maximum atomic E-state index is 12.4. The van der Waals surface area contributed by atoms with Gasteiger partial charge in [-0.3, -0.25) is 0 Å². The van der Waals surface area contributed by atoms with Gasteiger partial charge in [-0.2, -0.15) is 8.78 Å². The Morgan fingerprint density at radius 3 is 2.78 bits per heavy atom. The number of para-hydroxylation sites is 1. The van der Waals surface area contributed by atoms with Gasteiger partial charge >= 0.3 is 6.61 Å². The predicted octanol–water partition coefficient (Wildman–Crippen LogP) is 2.80. The van der Waals surface area contributed by atoms with Crippen LogP contribution < -0.4 is 14.8 Å². The number of hydrogen-bond acceptors (Lipinski definition) is 3. The first-order valence-electron chi connectivity index (χ1n) is 6.02. The van der Waals surface area contributed by atoms with E-state index in [0.717, 1.165) is 12.5 Å². The maximum Gasteiger partial charge on any atom is 0.387 e. The molecule has 1 aromatic carbocycles. The Labute approximate surface area is 105 Å². The van der Waals surface area contributed by atoms with Gasteiger partial charge < -0.3 is 14.8 Å². The average Bonchev–Trinajstić information content (AvgIpc) is 3.14. The van der Waals surface area contributed by atoms with E-state index in [2.05, 4.69) is 10.1 Å². The minimum Gasteiger partial charge on any atom is -0.493 e. The minimum absolute atomic E-state index is 0.123. The molecule has 1 saturated carbocycles. The van der Waals surface area contributed by atoms with Crippen LogP contribution in [0, 0.1) is 5.92 Å². The number of halogens is 2. The van der Waals surface area contributed by atoms with E-state index in [9.17, 15) is 8.78 Å². The number of hydrogen-bond donors (Lipinski definition) is 1. The van der Waals surface area contributed by atoms with Crippen LogP contribution in [0.25, 0.3) is 0 Å². The Kier molecular flexibility index (Phi) is 4.36. The molecule has 2 rings (SSSR count). The van der Waals surface area contributed by atoms with E-state index in [-0.39, 0.29) is 5.75 Å². The van der Waals surface area contributed by atoms with Gasteiger partial charge in [-0.25, -0.2) is 0 Å². The molecule has 0 spiro atoms. The van der Waals surface area contributed by atoms with E-state index in [4.69, 9.17) is 4.74 Å². The molecule has 18 heavy (non-hydrogen) atoms. The summed E-state index contributed by atoms with van der Waals surface area (Å²) in [6, 6.07) is 5.15. The third kappa shape index (κ3) is 3.57. The monoisotopic (exact) mass is 257 g/mol. The Morgan fingerprint density at radius 2 is 2.17 bits per heavy atom. The Balaban J connectivity index is 2.04. The first-order chi connectivity index (χ1) is 8.70. The lowest BCUT2D eigenvalue weighted by molar-refractivity contribution is -0.0518. The molecular formula is C13H17F2NO2. The highest BCUT2D eigenvalue weighted by atomic mass is 19.3. The van der Waals surface area contributed by atoms with Gasteiger partial charge in [0.25, 0.3) is 0 Å². The van der Waals surface area contributed by atoms with Crippen molar-refractivity contribution in [1.29, 1.82) is 0 Å². The highest BCUT2D eigenvalue weighted by Gasteiger charge is 2.21. The summed E-state index contributed by atoms with van der Waals surface area (Å²) in [6.07, 6.45) is 2.51. The second kappa shape index (κ2) is 6.00. The van der Waals surface area contributed by atoms with E-state index in [1.165, 1.54) is 20.0 Å². The summed E-state index contributed by atoms with van der Waals surface area (Å²) in [5, 5.41) is 3.25. The second-order valence-electron chi connectivity index (χ2n) is 4.40. The summed E-state index contributed by atoms with van der Waals surface area (Å²) >= 11 is 0. The first-order valence-corrected chi connectivity index (χ1v) is 6.02. The summed E-state index contributed by atoms with van der Waals surface area (Å²) in [7, 11) is 1.44. The van der Waals surface area contributed by atoms with Gasteiger partial charge in [-0.1, -0.05) is 12.1 Å². The van der Waals surface area contributed by atoms with Gasteiger partial charge in [0.15, 0.2) is 11.5 Å². The predicted molar refractivity (Wildman–Crippen MR) is 64.1 cm³/mol. The molecule has 0 aliphatic heterocycles. The standard InChI is InChI=1S/C13H17F2NO2/c1-17-11-4-2-3-10(12(11)18-13(14)15)8-16-7-9-5-6-9/h2-4,9,13,16H,5-8H2,1H3. The molecule has 1 aromatic rings. The van der Waals surface area contributed by atoms with E-state index in [1.807, 2.05) is 0 Å². The van der Waals surface area contributed by atoms with Gasteiger partial charge in [0.05, 0.1) is 7.11 Å². The third-order valence-corrected chi connectivity index (χ3v) is 2.93. The number of benzene rings is 1. The maximum absolute atomic E-state index is 12.4. The lowest BCUT2D eigenvalue weighted by Crippen LogP contribution is -2.17. The normalized spacial score (nSPS) is 14.9. The van der Waals surface area contributed by atoms with Crippen molar-refractivity contribution >= 4 is 0 Å². The van der Waals surface area contributed by atoms with E-state index in [0.29, 0.717) is 17.9 Å². The van der Waals surface area contributed by atoms with Crippen LogP contribution in [0.15, 0.2) is 18.2 Å². The molecule has 3 nitrogen and oxygen atoms in total. The van der Waals surface area contributed by atoms with E-state index < -0.39 is 6.61 Å². The van der Waals surface area contributed by atoms with Gasteiger partial charge in [-0.05, 0) is 31.4 Å². The Hall–Kier alpha value is -1.36. The van der Waals surface area contributed by atoms with E-state index in [1.54, 1.807) is 18.2 Å². The number of alkyl halides is 2. The molecule has 0 aromatic heterocycles. The lowest BCUT2D eigenvalue weighted by Gasteiger charge is -2.14. The highest BCUT2D eigenvalue weighted by Crippen LogP contribution is 2.33. The number of rotatable bonds is 7. The fourth-order valence-electron chi connectivity index (χ4n) is 1.82. The molecule has 1 aliphatic carbocycles. The average molecular weight is 257 g/mol. The summed E-state index contributed by atoms with van der Waals surface area (Å²) in [5.74, 6) is 1.20. The van der Waals surface area contributed by atoms with Crippen LogP contribution in [-0.2, 0) is 6.54 Å². The smallest absolute Gasteiger partial charge is 0.387 e. The lowest BCUT2D eigenvalue weighted by atomic mass is 10.2. The van der Waals surface area contributed by atoms with Gasteiger partial charge in [0.2, 0.25) is 0 Å². The van der Waals surface area contributed by atoms with Crippen molar-refractivity contribution in [2.75, 3.05) is 13.7 Å². The van der Waals surface area contributed by atoms with Crippen molar-refractivity contribution in [2.45, 2.75) is 26.0 Å². The zero-order chi connectivity index (χ0) is 13.0. The molecule has 1 aliphatic rings. The van der Waals surface area contributed by atoms with Crippen molar-refractivity contribution in [3.63, 3.8) is 0 Å². The summed E-state index contributed by atoms with van der Waals surface area (Å²) in [4.78, 5) is 0. The molecule has 0 atom stereocenters. The largest absolute Gasteiger partial charge is 0.493 e. The molecule has 0 bridgehead atoms.